The van der Waals surface area contributed by atoms with Gasteiger partial charge in [0.05, 0.1) is 0 Å². The lowest BCUT2D eigenvalue weighted by molar-refractivity contribution is 0.866. The van der Waals surface area contributed by atoms with Crippen molar-refractivity contribution in [1.29, 1.82) is 0 Å². The van der Waals surface area contributed by atoms with Crippen molar-refractivity contribution in [2.75, 3.05) is 29.9 Å². The van der Waals surface area contributed by atoms with E-state index in [2.05, 4.69) is 79.5 Å². The minimum absolute atomic E-state index is 0.720. The van der Waals surface area contributed by atoms with Crippen LogP contribution in [0.3, 0.4) is 0 Å². The number of hydrogen-bond acceptors (Lipinski definition) is 2. The van der Waals surface area contributed by atoms with Crippen molar-refractivity contribution in [3.8, 4) is 0 Å². The second-order valence-corrected chi connectivity index (χ2v) is 6.36. The molecule has 1 N–H and O–H groups in total. The summed E-state index contributed by atoms with van der Waals surface area (Å²) in [5, 5.41) is 6.10. The highest BCUT2D eigenvalue weighted by molar-refractivity contribution is 7.55. The third-order valence-electron chi connectivity index (χ3n) is 3.55. The summed E-state index contributed by atoms with van der Waals surface area (Å²) < 4.78 is 0. The van der Waals surface area contributed by atoms with Crippen LogP contribution < -0.4 is 20.8 Å². The molecule has 2 rings (SSSR count). The monoisotopic (exact) mass is 300 g/mol. The highest BCUT2D eigenvalue weighted by Crippen LogP contribution is 2.17. The van der Waals surface area contributed by atoms with Crippen molar-refractivity contribution in [3.05, 3.63) is 48.5 Å². The fourth-order valence-corrected chi connectivity index (χ4v) is 3.39. The van der Waals surface area contributed by atoms with Crippen LogP contribution >= 0.6 is 8.58 Å². The van der Waals surface area contributed by atoms with Gasteiger partial charge in [-0.05, 0) is 55.6 Å². The quantitative estimate of drug-likeness (QED) is 0.786. The SMILES string of the molecule is CCNc1ccc(Pc2ccc(N(CC)CC)cc2)cc1. The third-order valence-corrected chi connectivity index (χ3v) is 4.79. The maximum Gasteiger partial charge on any atom is 0.0366 e. The molecule has 1 atom stereocenters. The van der Waals surface area contributed by atoms with Gasteiger partial charge in [0, 0.05) is 31.0 Å². The van der Waals surface area contributed by atoms with Crippen LogP contribution in [0, 0.1) is 0 Å². The number of nitrogens with one attached hydrogen (secondary N) is 1. The van der Waals surface area contributed by atoms with Crippen LogP contribution in [-0.4, -0.2) is 19.6 Å². The average molecular weight is 300 g/mol. The predicted octanol–water partition coefficient (Wildman–Crippen LogP) is 3.59. The van der Waals surface area contributed by atoms with E-state index >= 15 is 0 Å². The fraction of sp³-hybridized carbons (Fsp3) is 0.333. The number of benzene rings is 2. The van der Waals surface area contributed by atoms with E-state index in [-0.39, 0.29) is 0 Å². The molecule has 2 nitrogen and oxygen atoms in total. The summed E-state index contributed by atoms with van der Waals surface area (Å²) in [6.45, 7) is 9.60. The lowest BCUT2D eigenvalue weighted by Crippen LogP contribution is -2.22. The minimum Gasteiger partial charge on any atom is -0.385 e. The van der Waals surface area contributed by atoms with Crippen LogP contribution in [0.2, 0.25) is 0 Å². The van der Waals surface area contributed by atoms with Gasteiger partial charge >= 0.3 is 0 Å². The maximum atomic E-state index is 3.33. The number of nitrogens with zero attached hydrogens (tertiary/aromatic N) is 1. The molecule has 0 aliphatic heterocycles. The minimum atomic E-state index is 0.720. The Morgan fingerprint density at radius 2 is 1.33 bits per heavy atom. The van der Waals surface area contributed by atoms with Crippen molar-refractivity contribution in [2.24, 2.45) is 0 Å². The van der Waals surface area contributed by atoms with Gasteiger partial charge in [0.1, 0.15) is 0 Å². The number of hydrogen-bond donors (Lipinski definition) is 1. The Balaban J connectivity index is 2.02. The van der Waals surface area contributed by atoms with E-state index in [1.54, 1.807) is 0 Å². The van der Waals surface area contributed by atoms with Crippen LogP contribution in [0.25, 0.3) is 0 Å². The normalized spacial score (nSPS) is 11.0. The van der Waals surface area contributed by atoms with Gasteiger partial charge in [0.15, 0.2) is 0 Å². The first-order chi connectivity index (χ1) is 10.3. The van der Waals surface area contributed by atoms with Crippen molar-refractivity contribution < 1.29 is 0 Å². The van der Waals surface area contributed by atoms with Crippen LogP contribution in [0.5, 0.6) is 0 Å². The fourth-order valence-electron chi connectivity index (χ4n) is 2.39. The molecule has 0 saturated carbocycles. The number of rotatable bonds is 7. The predicted molar refractivity (Wildman–Crippen MR) is 98.2 cm³/mol. The van der Waals surface area contributed by atoms with E-state index in [1.165, 1.54) is 22.0 Å². The molecular formula is C18H25N2P. The van der Waals surface area contributed by atoms with Crippen LogP contribution in [0.4, 0.5) is 11.4 Å². The molecule has 2 aromatic rings. The summed E-state index contributed by atoms with van der Waals surface area (Å²) >= 11 is 0. The van der Waals surface area contributed by atoms with Crippen molar-refractivity contribution >= 4 is 30.6 Å². The van der Waals surface area contributed by atoms with Gasteiger partial charge in [-0.15, -0.1) is 0 Å². The second-order valence-electron chi connectivity index (χ2n) is 4.95. The average Bonchev–Trinajstić information content (AvgIpc) is 2.52. The number of anilines is 2. The lowest BCUT2D eigenvalue weighted by atomic mass is 10.3. The summed E-state index contributed by atoms with van der Waals surface area (Å²) in [6, 6.07) is 17.7. The molecule has 0 heterocycles. The summed E-state index contributed by atoms with van der Waals surface area (Å²) in [7, 11) is 0.720. The smallest absolute Gasteiger partial charge is 0.0366 e. The summed E-state index contributed by atoms with van der Waals surface area (Å²) in [5.41, 5.74) is 2.51. The summed E-state index contributed by atoms with van der Waals surface area (Å²) in [4.78, 5) is 2.37. The van der Waals surface area contributed by atoms with E-state index in [1.807, 2.05) is 0 Å². The van der Waals surface area contributed by atoms with Gasteiger partial charge in [0.2, 0.25) is 0 Å². The zero-order chi connectivity index (χ0) is 15.1. The topological polar surface area (TPSA) is 15.3 Å². The molecule has 0 saturated heterocycles. The molecule has 0 fully saturated rings. The molecule has 0 radical (unpaired) electrons. The molecule has 0 spiro atoms. The molecule has 21 heavy (non-hydrogen) atoms. The molecule has 0 aliphatic rings. The highest BCUT2D eigenvalue weighted by atomic mass is 31.1. The zero-order valence-electron chi connectivity index (χ0n) is 13.2. The molecule has 0 aromatic heterocycles. The van der Waals surface area contributed by atoms with Gasteiger partial charge in [-0.1, -0.05) is 32.8 Å². The first-order valence-corrected chi connectivity index (χ1v) is 8.72. The van der Waals surface area contributed by atoms with Crippen LogP contribution in [0.1, 0.15) is 20.8 Å². The third kappa shape index (κ3) is 4.47. The van der Waals surface area contributed by atoms with Crippen molar-refractivity contribution in [2.45, 2.75) is 20.8 Å². The molecule has 0 aliphatic carbocycles. The Bertz CT molecular complexity index is 530. The Kier molecular flexibility index (Phi) is 6.07. The second kappa shape index (κ2) is 8.05. The van der Waals surface area contributed by atoms with Crippen molar-refractivity contribution in [1.82, 2.24) is 0 Å². The molecule has 1 unspecified atom stereocenters. The van der Waals surface area contributed by atoms with E-state index in [0.29, 0.717) is 0 Å². The van der Waals surface area contributed by atoms with Crippen molar-refractivity contribution in [3.63, 3.8) is 0 Å². The van der Waals surface area contributed by atoms with Gasteiger partial charge in [-0.25, -0.2) is 0 Å². The molecule has 2 aromatic carbocycles. The largest absolute Gasteiger partial charge is 0.385 e. The van der Waals surface area contributed by atoms with E-state index in [4.69, 9.17) is 0 Å². The van der Waals surface area contributed by atoms with Gasteiger partial charge in [0.25, 0.3) is 0 Å². The highest BCUT2D eigenvalue weighted by Gasteiger charge is 2.02. The maximum absolute atomic E-state index is 3.33. The van der Waals surface area contributed by atoms with Crippen LogP contribution in [0.15, 0.2) is 48.5 Å². The Morgan fingerprint density at radius 1 is 0.810 bits per heavy atom. The Morgan fingerprint density at radius 3 is 1.81 bits per heavy atom. The standard InChI is InChI=1S/C18H25N2P/c1-4-19-15-7-11-17(12-8-15)21-18-13-9-16(10-14-18)20(5-2)6-3/h7-14,19,21H,4-6H2,1-3H3. The van der Waals surface area contributed by atoms with Gasteiger partial charge < -0.3 is 10.2 Å². The van der Waals surface area contributed by atoms with E-state index in [9.17, 15) is 0 Å². The van der Waals surface area contributed by atoms with Gasteiger partial charge in [-0.2, -0.15) is 0 Å². The Hall–Kier alpha value is -1.53. The zero-order valence-corrected chi connectivity index (χ0v) is 14.2. The van der Waals surface area contributed by atoms with Gasteiger partial charge in [-0.3, -0.25) is 0 Å². The molecule has 3 heteroatoms. The molecule has 0 amide bonds. The molecule has 112 valence electrons. The first kappa shape index (κ1) is 15.9. The molecular weight excluding hydrogens is 275 g/mol. The Labute approximate surface area is 130 Å². The first-order valence-electron chi connectivity index (χ1n) is 7.72. The summed E-state index contributed by atoms with van der Waals surface area (Å²) in [6.07, 6.45) is 0. The van der Waals surface area contributed by atoms with E-state index < -0.39 is 0 Å². The van der Waals surface area contributed by atoms with E-state index in [0.717, 1.165) is 28.2 Å². The molecule has 0 bridgehead atoms. The lowest BCUT2D eigenvalue weighted by Gasteiger charge is -2.21. The van der Waals surface area contributed by atoms with Crippen LogP contribution in [-0.2, 0) is 0 Å². The summed E-state index contributed by atoms with van der Waals surface area (Å²) in [5.74, 6) is 0.